The minimum Gasteiger partial charge on any atom is -0.508 e. The lowest BCUT2D eigenvalue weighted by Crippen LogP contribution is -2.09. The van der Waals surface area contributed by atoms with Crippen LogP contribution in [0, 0.1) is 0 Å². The number of aromatic hydroxyl groups is 1. The minimum absolute atomic E-state index is 0.288. The van der Waals surface area contributed by atoms with Crippen molar-refractivity contribution in [2.75, 3.05) is 13.6 Å². The maximum Gasteiger partial charge on any atom is 0.123 e. The Morgan fingerprint density at radius 3 is 2.75 bits per heavy atom. The number of hydrogen-bond acceptors (Lipinski definition) is 4. The zero-order valence-electron chi connectivity index (χ0n) is 9.10. The van der Waals surface area contributed by atoms with Crippen molar-refractivity contribution in [1.82, 2.24) is 10.3 Å². The highest BCUT2D eigenvalue weighted by Gasteiger charge is 2.04. The fourth-order valence-corrected chi connectivity index (χ4v) is 2.33. The first kappa shape index (κ1) is 11.1. The van der Waals surface area contributed by atoms with Crippen molar-refractivity contribution in [2.45, 2.75) is 6.42 Å². The molecule has 0 saturated carbocycles. The lowest BCUT2D eigenvalue weighted by molar-refractivity contribution is 0.475. The molecule has 0 bridgehead atoms. The molecule has 0 amide bonds. The second-order valence-electron chi connectivity index (χ2n) is 3.53. The van der Waals surface area contributed by atoms with Crippen molar-refractivity contribution in [1.29, 1.82) is 0 Å². The molecule has 0 saturated heterocycles. The molecular formula is C12H14N2OS. The maximum atomic E-state index is 9.20. The van der Waals surface area contributed by atoms with Gasteiger partial charge in [-0.25, -0.2) is 4.98 Å². The summed E-state index contributed by atoms with van der Waals surface area (Å²) in [5, 5.41) is 13.3. The van der Waals surface area contributed by atoms with Crippen LogP contribution in [0.3, 0.4) is 0 Å². The zero-order valence-corrected chi connectivity index (χ0v) is 9.92. The van der Waals surface area contributed by atoms with Gasteiger partial charge in [-0.3, -0.25) is 0 Å². The quantitative estimate of drug-likeness (QED) is 0.853. The van der Waals surface area contributed by atoms with Crippen LogP contribution in [0.1, 0.15) is 4.88 Å². The summed E-state index contributed by atoms with van der Waals surface area (Å²) in [4.78, 5) is 5.65. The van der Waals surface area contributed by atoms with Crippen LogP contribution in [0.15, 0.2) is 30.5 Å². The molecule has 0 spiro atoms. The highest BCUT2D eigenvalue weighted by molar-refractivity contribution is 7.15. The summed E-state index contributed by atoms with van der Waals surface area (Å²) in [6.07, 6.45) is 2.93. The van der Waals surface area contributed by atoms with Crippen LogP contribution in [0.4, 0.5) is 0 Å². The lowest BCUT2D eigenvalue weighted by Gasteiger charge is -1.96. The van der Waals surface area contributed by atoms with E-state index in [1.54, 1.807) is 23.5 Å². The van der Waals surface area contributed by atoms with Crippen molar-refractivity contribution in [2.24, 2.45) is 0 Å². The van der Waals surface area contributed by atoms with E-state index >= 15 is 0 Å². The molecule has 84 valence electrons. The van der Waals surface area contributed by atoms with Crippen LogP contribution in [0.2, 0.25) is 0 Å². The van der Waals surface area contributed by atoms with Crippen LogP contribution in [0.25, 0.3) is 10.6 Å². The van der Waals surface area contributed by atoms with Crippen LogP contribution < -0.4 is 5.32 Å². The Labute approximate surface area is 98.8 Å². The number of rotatable bonds is 4. The summed E-state index contributed by atoms with van der Waals surface area (Å²) in [5.74, 6) is 0.288. The number of nitrogens with one attached hydrogen (secondary N) is 1. The van der Waals surface area contributed by atoms with Gasteiger partial charge in [-0.1, -0.05) is 0 Å². The van der Waals surface area contributed by atoms with Crippen molar-refractivity contribution in [3.05, 3.63) is 35.3 Å². The molecular weight excluding hydrogens is 220 g/mol. The maximum absolute atomic E-state index is 9.20. The summed E-state index contributed by atoms with van der Waals surface area (Å²) in [6.45, 7) is 0.969. The van der Waals surface area contributed by atoms with E-state index in [0.717, 1.165) is 23.5 Å². The number of hydrogen-bond donors (Lipinski definition) is 2. The number of phenols is 1. The normalized spacial score (nSPS) is 10.6. The minimum atomic E-state index is 0.288. The fraction of sp³-hybridized carbons (Fsp3) is 0.250. The number of nitrogens with zero attached hydrogens (tertiary/aromatic N) is 1. The summed E-state index contributed by atoms with van der Waals surface area (Å²) < 4.78 is 0. The standard InChI is InChI=1S/C12H14N2OS/c1-13-7-6-11-8-14-12(16-11)9-2-4-10(15)5-3-9/h2-5,8,13,15H,6-7H2,1H3. The average molecular weight is 234 g/mol. The van der Waals surface area contributed by atoms with E-state index in [1.807, 2.05) is 25.4 Å². The van der Waals surface area contributed by atoms with E-state index in [0.29, 0.717) is 0 Å². The molecule has 3 nitrogen and oxygen atoms in total. The third-order valence-electron chi connectivity index (χ3n) is 2.29. The third-order valence-corrected chi connectivity index (χ3v) is 3.40. The highest BCUT2D eigenvalue weighted by Crippen LogP contribution is 2.26. The molecule has 4 heteroatoms. The number of thiazole rings is 1. The van der Waals surface area contributed by atoms with Crippen molar-refractivity contribution in [3.63, 3.8) is 0 Å². The Bertz CT molecular complexity index is 450. The first-order valence-electron chi connectivity index (χ1n) is 5.18. The lowest BCUT2D eigenvalue weighted by atomic mass is 10.2. The topological polar surface area (TPSA) is 45.2 Å². The molecule has 0 unspecified atom stereocenters. The number of likely N-dealkylation sites (N-methyl/N-ethyl adjacent to an activating group) is 1. The third kappa shape index (κ3) is 2.59. The molecule has 0 aliphatic carbocycles. The summed E-state index contributed by atoms with van der Waals surface area (Å²) in [7, 11) is 1.95. The van der Waals surface area contributed by atoms with Gasteiger partial charge in [0, 0.05) is 16.6 Å². The number of phenolic OH excluding ortho intramolecular Hbond substituents is 1. The Morgan fingerprint density at radius 1 is 1.31 bits per heavy atom. The highest BCUT2D eigenvalue weighted by atomic mass is 32.1. The molecule has 0 aliphatic heterocycles. The zero-order chi connectivity index (χ0) is 11.4. The molecule has 1 heterocycles. The smallest absolute Gasteiger partial charge is 0.123 e. The Morgan fingerprint density at radius 2 is 2.06 bits per heavy atom. The Hall–Kier alpha value is -1.39. The van der Waals surface area contributed by atoms with Gasteiger partial charge in [0.25, 0.3) is 0 Å². The van der Waals surface area contributed by atoms with Crippen molar-refractivity contribution >= 4 is 11.3 Å². The van der Waals surface area contributed by atoms with Crippen molar-refractivity contribution in [3.8, 4) is 16.3 Å². The second-order valence-corrected chi connectivity index (χ2v) is 4.65. The molecule has 2 rings (SSSR count). The fourth-order valence-electron chi connectivity index (χ4n) is 1.41. The van der Waals surface area contributed by atoms with Gasteiger partial charge in [0.2, 0.25) is 0 Å². The summed E-state index contributed by atoms with van der Waals surface area (Å²) in [6, 6.07) is 7.14. The predicted octanol–water partition coefficient (Wildman–Crippen LogP) is 2.28. The van der Waals surface area contributed by atoms with Gasteiger partial charge in [0.05, 0.1) is 0 Å². The first-order chi connectivity index (χ1) is 7.79. The van der Waals surface area contributed by atoms with Gasteiger partial charge >= 0.3 is 0 Å². The predicted molar refractivity (Wildman–Crippen MR) is 66.8 cm³/mol. The van der Waals surface area contributed by atoms with E-state index in [9.17, 15) is 5.11 Å². The van der Waals surface area contributed by atoms with Gasteiger partial charge in [-0.2, -0.15) is 0 Å². The van der Waals surface area contributed by atoms with Crippen LogP contribution >= 0.6 is 11.3 Å². The number of benzene rings is 1. The van der Waals surface area contributed by atoms with E-state index in [1.165, 1.54) is 4.88 Å². The molecule has 0 aliphatic rings. The van der Waals surface area contributed by atoms with Crippen LogP contribution in [0.5, 0.6) is 5.75 Å². The van der Waals surface area contributed by atoms with E-state index in [4.69, 9.17) is 0 Å². The van der Waals surface area contributed by atoms with Gasteiger partial charge < -0.3 is 10.4 Å². The van der Waals surface area contributed by atoms with Crippen LogP contribution in [-0.2, 0) is 6.42 Å². The molecule has 16 heavy (non-hydrogen) atoms. The first-order valence-corrected chi connectivity index (χ1v) is 6.00. The van der Waals surface area contributed by atoms with Gasteiger partial charge in [0.1, 0.15) is 10.8 Å². The van der Waals surface area contributed by atoms with Crippen molar-refractivity contribution < 1.29 is 5.11 Å². The van der Waals surface area contributed by atoms with E-state index in [-0.39, 0.29) is 5.75 Å². The monoisotopic (exact) mass is 234 g/mol. The molecule has 2 N–H and O–H groups in total. The largest absolute Gasteiger partial charge is 0.508 e. The second kappa shape index (κ2) is 5.09. The van der Waals surface area contributed by atoms with E-state index in [2.05, 4.69) is 10.3 Å². The van der Waals surface area contributed by atoms with E-state index < -0.39 is 0 Å². The molecule has 0 atom stereocenters. The Kier molecular flexibility index (Phi) is 3.54. The SMILES string of the molecule is CNCCc1cnc(-c2ccc(O)cc2)s1. The van der Waals surface area contributed by atoms with Gasteiger partial charge in [-0.15, -0.1) is 11.3 Å². The molecule has 0 radical (unpaired) electrons. The summed E-state index contributed by atoms with van der Waals surface area (Å²) >= 11 is 1.70. The van der Waals surface area contributed by atoms with Gasteiger partial charge in [-0.05, 0) is 44.3 Å². The molecule has 0 fully saturated rings. The van der Waals surface area contributed by atoms with Crippen LogP contribution in [-0.4, -0.2) is 23.7 Å². The Balaban J connectivity index is 2.15. The van der Waals surface area contributed by atoms with Gasteiger partial charge in [0.15, 0.2) is 0 Å². The average Bonchev–Trinajstić information content (AvgIpc) is 2.76. The number of aromatic nitrogens is 1. The molecule has 1 aromatic carbocycles. The summed E-state index contributed by atoms with van der Waals surface area (Å²) in [5.41, 5.74) is 1.05. The molecule has 2 aromatic rings. The molecule has 1 aromatic heterocycles.